The lowest BCUT2D eigenvalue weighted by Gasteiger charge is -2.15. The summed E-state index contributed by atoms with van der Waals surface area (Å²) in [4.78, 5) is 11.7. The molecule has 1 atom stereocenters. The molecule has 0 fully saturated rings. The van der Waals surface area contributed by atoms with E-state index < -0.39 is 0 Å². The molecule has 3 nitrogen and oxygen atoms in total. The first kappa shape index (κ1) is 16.0. The quantitative estimate of drug-likeness (QED) is 0.799. The third-order valence-corrected chi connectivity index (χ3v) is 3.99. The van der Waals surface area contributed by atoms with Crippen LogP contribution in [0.15, 0.2) is 24.3 Å². The first-order chi connectivity index (χ1) is 8.90. The van der Waals surface area contributed by atoms with Gasteiger partial charge in [-0.25, -0.2) is 0 Å². The van der Waals surface area contributed by atoms with Gasteiger partial charge in [-0.2, -0.15) is 0 Å². The predicted molar refractivity (Wildman–Crippen MR) is 83.0 cm³/mol. The summed E-state index contributed by atoms with van der Waals surface area (Å²) in [5, 5.41) is 2.89. The summed E-state index contributed by atoms with van der Waals surface area (Å²) in [5.41, 5.74) is 0.761. The molecule has 1 N–H and O–H groups in total. The Balaban J connectivity index is 2.64. The van der Waals surface area contributed by atoms with Crippen LogP contribution in [0.4, 0.5) is 5.69 Å². The van der Waals surface area contributed by atoms with E-state index >= 15 is 0 Å². The molecule has 0 spiro atoms. The van der Waals surface area contributed by atoms with Gasteiger partial charge in [0.2, 0.25) is 5.91 Å². The maximum atomic E-state index is 11.9. The summed E-state index contributed by atoms with van der Waals surface area (Å²) >= 11 is 3.39. The van der Waals surface area contributed by atoms with E-state index in [4.69, 9.17) is 4.74 Å². The molecule has 0 radical (unpaired) electrons. The molecule has 19 heavy (non-hydrogen) atoms. The van der Waals surface area contributed by atoms with Crippen LogP contribution in [0.25, 0.3) is 0 Å². The first-order valence-corrected chi connectivity index (χ1v) is 7.49. The Labute approximate surface area is 123 Å². The van der Waals surface area contributed by atoms with Gasteiger partial charge in [0, 0.05) is 11.8 Å². The van der Waals surface area contributed by atoms with E-state index in [0.717, 1.165) is 11.4 Å². The van der Waals surface area contributed by atoms with Gasteiger partial charge < -0.3 is 10.1 Å². The SMILES string of the molecule is CC(C)COc1cccc(NC(=O)C(Br)C(C)C)c1. The standard InChI is InChI=1S/C15H22BrNO2/c1-10(2)9-19-13-7-5-6-12(8-13)17-15(18)14(16)11(3)4/h5-8,10-11,14H,9H2,1-4H3,(H,17,18). The van der Waals surface area contributed by atoms with E-state index in [0.29, 0.717) is 12.5 Å². The Morgan fingerprint density at radius 2 is 2.00 bits per heavy atom. The molecule has 0 aromatic heterocycles. The minimum absolute atomic E-state index is 0.0315. The summed E-state index contributed by atoms with van der Waals surface area (Å²) in [6, 6.07) is 7.48. The van der Waals surface area contributed by atoms with Gasteiger partial charge in [-0.05, 0) is 24.0 Å². The van der Waals surface area contributed by atoms with Gasteiger partial charge in [-0.15, -0.1) is 0 Å². The molecular formula is C15H22BrNO2. The van der Waals surface area contributed by atoms with Gasteiger partial charge in [-0.3, -0.25) is 4.79 Å². The third kappa shape index (κ3) is 5.64. The molecule has 1 unspecified atom stereocenters. The van der Waals surface area contributed by atoms with Crippen LogP contribution < -0.4 is 10.1 Å². The van der Waals surface area contributed by atoms with Crippen molar-refractivity contribution in [1.82, 2.24) is 0 Å². The Hall–Kier alpha value is -1.03. The van der Waals surface area contributed by atoms with Crippen LogP contribution in [0.2, 0.25) is 0 Å². The number of ether oxygens (including phenoxy) is 1. The molecule has 0 aliphatic heterocycles. The smallest absolute Gasteiger partial charge is 0.238 e. The first-order valence-electron chi connectivity index (χ1n) is 6.58. The Kier molecular flexibility index (Phi) is 6.35. The lowest BCUT2D eigenvalue weighted by molar-refractivity contribution is -0.116. The number of carbonyl (C=O) groups is 1. The Morgan fingerprint density at radius 1 is 1.32 bits per heavy atom. The van der Waals surface area contributed by atoms with Crippen LogP contribution in [0, 0.1) is 11.8 Å². The Bertz CT molecular complexity index is 418. The van der Waals surface area contributed by atoms with Gasteiger partial charge in [-0.1, -0.05) is 49.7 Å². The highest BCUT2D eigenvalue weighted by atomic mass is 79.9. The topological polar surface area (TPSA) is 38.3 Å². The van der Waals surface area contributed by atoms with Gasteiger partial charge >= 0.3 is 0 Å². The van der Waals surface area contributed by atoms with E-state index in [1.807, 2.05) is 38.1 Å². The third-order valence-electron chi connectivity index (χ3n) is 2.52. The van der Waals surface area contributed by atoms with Crippen LogP contribution in [0.3, 0.4) is 0 Å². The maximum Gasteiger partial charge on any atom is 0.238 e. The van der Waals surface area contributed by atoms with Crippen molar-refractivity contribution in [1.29, 1.82) is 0 Å². The maximum absolute atomic E-state index is 11.9. The van der Waals surface area contributed by atoms with E-state index in [-0.39, 0.29) is 16.7 Å². The molecule has 1 amide bonds. The number of hydrogen-bond donors (Lipinski definition) is 1. The van der Waals surface area contributed by atoms with Crippen molar-refractivity contribution in [3.63, 3.8) is 0 Å². The second-order valence-electron chi connectivity index (χ2n) is 5.37. The molecule has 0 saturated carbocycles. The Morgan fingerprint density at radius 3 is 2.58 bits per heavy atom. The fraction of sp³-hybridized carbons (Fsp3) is 0.533. The minimum Gasteiger partial charge on any atom is -0.493 e. The van der Waals surface area contributed by atoms with Crippen molar-refractivity contribution in [3.8, 4) is 5.75 Å². The van der Waals surface area contributed by atoms with Crippen molar-refractivity contribution in [3.05, 3.63) is 24.3 Å². The lowest BCUT2D eigenvalue weighted by atomic mass is 10.1. The summed E-state index contributed by atoms with van der Waals surface area (Å²) in [6.45, 7) is 8.88. The number of rotatable bonds is 6. The molecule has 1 aromatic rings. The van der Waals surface area contributed by atoms with Gasteiger partial charge in [0.15, 0.2) is 0 Å². The van der Waals surface area contributed by atoms with Crippen LogP contribution >= 0.6 is 15.9 Å². The average molecular weight is 328 g/mol. The molecule has 0 bridgehead atoms. The zero-order valence-electron chi connectivity index (χ0n) is 11.9. The van der Waals surface area contributed by atoms with E-state index in [1.165, 1.54) is 0 Å². The number of benzene rings is 1. The molecule has 0 aliphatic carbocycles. The predicted octanol–water partition coefficient (Wildman–Crippen LogP) is 4.08. The highest BCUT2D eigenvalue weighted by Crippen LogP contribution is 2.20. The number of hydrogen-bond acceptors (Lipinski definition) is 2. The van der Waals surface area contributed by atoms with Gasteiger partial charge in [0.05, 0.1) is 11.4 Å². The van der Waals surface area contributed by atoms with Gasteiger partial charge in [0.25, 0.3) is 0 Å². The summed E-state index contributed by atoms with van der Waals surface area (Å²) in [6.07, 6.45) is 0. The number of anilines is 1. The van der Waals surface area contributed by atoms with Crippen LogP contribution in [0.5, 0.6) is 5.75 Å². The molecule has 1 aromatic carbocycles. The highest BCUT2D eigenvalue weighted by Gasteiger charge is 2.18. The zero-order chi connectivity index (χ0) is 14.4. The molecule has 1 rings (SSSR count). The molecule has 0 heterocycles. The number of alkyl halides is 1. The molecule has 0 aliphatic rings. The number of nitrogens with one attached hydrogen (secondary N) is 1. The van der Waals surface area contributed by atoms with Crippen molar-refractivity contribution in [2.45, 2.75) is 32.5 Å². The molecular weight excluding hydrogens is 306 g/mol. The van der Waals surface area contributed by atoms with E-state index in [1.54, 1.807) is 0 Å². The van der Waals surface area contributed by atoms with Crippen molar-refractivity contribution in [2.24, 2.45) is 11.8 Å². The molecule has 4 heteroatoms. The zero-order valence-corrected chi connectivity index (χ0v) is 13.5. The highest BCUT2D eigenvalue weighted by molar-refractivity contribution is 9.10. The second kappa shape index (κ2) is 7.53. The van der Waals surface area contributed by atoms with Crippen LogP contribution in [0.1, 0.15) is 27.7 Å². The van der Waals surface area contributed by atoms with Gasteiger partial charge in [0.1, 0.15) is 5.75 Å². The number of carbonyl (C=O) groups excluding carboxylic acids is 1. The van der Waals surface area contributed by atoms with E-state index in [9.17, 15) is 4.79 Å². The average Bonchev–Trinajstić information content (AvgIpc) is 2.35. The fourth-order valence-electron chi connectivity index (χ4n) is 1.44. The summed E-state index contributed by atoms with van der Waals surface area (Å²) in [5.74, 6) is 1.48. The van der Waals surface area contributed by atoms with Crippen molar-refractivity contribution in [2.75, 3.05) is 11.9 Å². The molecule has 0 saturated heterocycles. The number of amides is 1. The number of halogens is 1. The fourth-order valence-corrected chi connectivity index (χ4v) is 1.55. The normalized spacial score (nSPS) is 12.6. The summed E-state index contributed by atoms with van der Waals surface area (Å²) < 4.78 is 5.63. The second-order valence-corrected chi connectivity index (χ2v) is 6.35. The van der Waals surface area contributed by atoms with Crippen LogP contribution in [-0.4, -0.2) is 17.3 Å². The minimum atomic E-state index is -0.187. The van der Waals surface area contributed by atoms with Crippen molar-refractivity contribution >= 4 is 27.5 Å². The largest absolute Gasteiger partial charge is 0.493 e. The van der Waals surface area contributed by atoms with Crippen molar-refractivity contribution < 1.29 is 9.53 Å². The monoisotopic (exact) mass is 327 g/mol. The summed E-state index contributed by atoms with van der Waals surface area (Å²) in [7, 11) is 0. The molecule has 106 valence electrons. The van der Waals surface area contributed by atoms with Crippen LogP contribution in [-0.2, 0) is 4.79 Å². The lowest BCUT2D eigenvalue weighted by Crippen LogP contribution is -2.26. The van der Waals surface area contributed by atoms with E-state index in [2.05, 4.69) is 35.1 Å².